The zero-order valence-electron chi connectivity index (χ0n) is 19.4. The van der Waals surface area contributed by atoms with Crippen molar-refractivity contribution < 1.29 is 9.53 Å². The number of benzene rings is 1. The van der Waals surface area contributed by atoms with Crippen LogP contribution in [-0.4, -0.2) is 12.6 Å². The Labute approximate surface area is 180 Å². The third-order valence-electron chi connectivity index (χ3n) is 5.77. The first-order valence-electron chi connectivity index (χ1n) is 12.5. The predicted octanol–water partition coefficient (Wildman–Crippen LogP) is 8.67. The van der Waals surface area contributed by atoms with Gasteiger partial charge in [-0.1, -0.05) is 122 Å². The molecule has 0 radical (unpaired) electrons. The molecular weight excluding hydrogens is 356 g/mol. The van der Waals surface area contributed by atoms with Crippen LogP contribution in [-0.2, 0) is 11.2 Å². The van der Waals surface area contributed by atoms with E-state index in [1.165, 1.54) is 83.5 Å². The fraction of sp³-hybridized carbons (Fsp3) is 0.741. The minimum atomic E-state index is -0.147. The number of ether oxygens (including phenoxy) is 1. The van der Waals surface area contributed by atoms with E-state index in [0.29, 0.717) is 6.61 Å². The van der Waals surface area contributed by atoms with Crippen molar-refractivity contribution >= 4 is 5.97 Å². The van der Waals surface area contributed by atoms with E-state index in [1.54, 1.807) is 0 Å². The number of esters is 1. The number of aryl methyl sites for hydroxylation is 1. The SMILES string of the molecule is CCCCCCCCCCCCCCCCOC(=O)c1ccccc1CCCC. The van der Waals surface area contributed by atoms with Crippen molar-refractivity contribution in [1.82, 2.24) is 0 Å². The Kier molecular flexibility index (Phi) is 16.6. The largest absolute Gasteiger partial charge is 0.462 e. The molecule has 0 saturated heterocycles. The fourth-order valence-corrected chi connectivity index (χ4v) is 3.84. The van der Waals surface area contributed by atoms with E-state index in [-0.39, 0.29) is 5.97 Å². The Hall–Kier alpha value is -1.31. The number of hydrogen-bond acceptors (Lipinski definition) is 2. The Morgan fingerprint density at radius 2 is 1.14 bits per heavy atom. The van der Waals surface area contributed by atoms with Crippen LogP contribution >= 0.6 is 0 Å². The molecule has 2 nitrogen and oxygen atoms in total. The highest BCUT2D eigenvalue weighted by Crippen LogP contribution is 2.15. The average molecular weight is 403 g/mol. The molecule has 0 amide bonds. The number of carbonyl (C=O) groups excluding carboxylic acids is 1. The zero-order valence-corrected chi connectivity index (χ0v) is 19.4. The van der Waals surface area contributed by atoms with E-state index < -0.39 is 0 Å². The second-order valence-electron chi connectivity index (χ2n) is 8.49. The molecule has 0 spiro atoms. The van der Waals surface area contributed by atoms with Crippen LogP contribution in [0.5, 0.6) is 0 Å². The van der Waals surface area contributed by atoms with Crippen LogP contribution in [0.4, 0.5) is 0 Å². The average Bonchev–Trinajstić information content (AvgIpc) is 2.75. The highest BCUT2D eigenvalue weighted by molar-refractivity contribution is 5.91. The molecule has 29 heavy (non-hydrogen) atoms. The van der Waals surface area contributed by atoms with E-state index in [0.717, 1.165) is 36.8 Å². The first-order valence-corrected chi connectivity index (χ1v) is 12.5. The van der Waals surface area contributed by atoms with E-state index in [4.69, 9.17) is 4.74 Å². The minimum Gasteiger partial charge on any atom is -0.462 e. The Balaban J connectivity index is 1.95. The molecule has 1 rings (SSSR count). The summed E-state index contributed by atoms with van der Waals surface area (Å²) in [6.45, 7) is 5.01. The van der Waals surface area contributed by atoms with Gasteiger partial charge in [-0.25, -0.2) is 4.79 Å². The van der Waals surface area contributed by atoms with Crippen molar-refractivity contribution in [3.05, 3.63) is 35.4 Å². The molecule has 0 aliphatic heterocycles. The summed E-state index contributed by atoms with van der Waals surface area (Å²) in [5.41, 5.74) is 1.88. The van der Waals surface area contributed by atoms with Gasteiger partial charge in [0.2, 0.25) is 0 Å². The molecule has 1 aromatic carbocycles. The van der Waals surface area contributed by atoms with Gasteiger partial charge in [-0.2, -0.15) is 0 Å². The van der Waals surface area contributed by atoms with Gasteiger partial charge in [-0.3, -0.25) is 0 Å². The van der Waals surface area contributed by atoms with Crippen molar-refractivity contribution in [3.8, 4) is 0 Å². The number of hydrogen-bond donors (Lipinski definition) is 0. The van der Waals surface area contributed by atoms with Crippen LogP contribution in [0, 0.1) is 0 Å². The first kappa shape index (κ1) is 25.7. The summed E-state index contributed by atoms with van der Waals surface area (Å²) in [5, 5.41) is 0. The van der Waals surface area contributed by atoms with Gasteiger partial charge >= 0.3 is 5.97 Å². The molecule has 166 valence electrons. The molecule has 0 aromatic heterocycles. The van der Waals surface area contributed by atoms with Crippen LogP contribution < -0.4 is 0 Å². The van der Waals surface area contributed by atoms with Crippen LogP contribution in [0.1, 0.15) is 133 Å². The van der Waals surface area contributed by atoms with Gasteiger partial charge in [0.25, 0.3) is 0 Å². The van der Waals surface area contributed by atoms with Crippen molar-refractivity contribution in [1.29, 1.82) is 0 Å². The molecule has 0 N–H and O–H groups in total. The van der Waals surface area contributed by atoms with Crippen LogP contribution in [0.25, 0.3) is 0 Å². The van der Waals surface area contributed by atoms with E-state index in [9.17, 15) is 4.79 Å². The van der Waals surface area contributed by atoms with Gasteiger partial charge in [0, 0.05) is 0 Å². The van der Waals surface area contributed by atoms with Crippen molar-refractivity contribution in [2.75, 3.05) is 6.61 Å². The number of rotatable bonds is 19. The van der Waals surface area contributed by atoms with Crippen LogP contribution in [0.3, 0.4) is 0 Å². The number of carbonyl (C=O) groups is 1. The molecule has 2 heteroatoms. The smallest absolute Gasteiger partial charge is 0.338 e. The summed E-state index contributed by atoms with van der Waals surface area (Å²) in [7, 11) is 0. The number of unbranched alkanes of at least 4 members (excludes halogenated alkanes) is 14. The zero-order chi connectivity index (χ0) is 21.0. The lowest BCUT2D eigenvalue weighted by molar-refractivity contribution is 0.0496. The third-order valence-corrected chi connectivity index (χ3v) is 5.77. The van der Waals surface area contributed by atoms with E-state index in [2.05, 4.69) is 19.9 Å². The molecule has 0 saturated carbocycles. The molecule has 1 aromatic rings. The molecule has 0 aliphatic carbocycles. The highest BCUT2D eigenvalue weighted by Gasteiger charge is 2.11. The first-order chi connectivity index (χ1) is 14.3. The highest BCUT2D eigenvalue weighted by atomic mass is 16.5. The van der Waals surface area contributed by atoms with Gasteiger partial charge in [0.15, 0.2) is 0 Å². The molecule has 0 atom stereocenters. The van der Waals surface area contributed by atoms with Crippen LogP contribution in [0.2, 0.25) is 0 Å². The maximum atomic E-state index is 12.3. The van der Waals surface area contributed by atoms with Gasteiger partial charge in [-0.05, 0) is 30.9 Å². The van der Waals surface area contributed by atoms with E-state index in [1.807, 2.05) is 18.2 Å². The van der Waals surface area contributed by atoms with Gasteiger partial charge < -0.3 is 4.74 Å². The summed E-state index contributed by atoms with van der Waals surface area (Å²) < 4.78 is 5.52. The lowest BCUT2D eigenvalue weighted by atomic mass is 10.0. The second kappa shape index (κ2) is 18.7. The van der Waals surface area contributed by atoms with E-state index >= 15 is 0 Å². The third kappa shape index (κ3) is 13.5. The van der Waals surface area contributed by atoms with Crippen molar-refractivity contribution in [3.63, 3.8) is 0 Å². The fourth-order valence-electron chi connectivity index (χ4n) is 3.84. The predicted molar refractivity (Wildman–Crippen MR) is 126 cm³/mol. The monoisotopic (exact) mass is 402 g/mol. The maximum absolute atomic E-state index is 12.3. The second-order valence-corrected chi connectivity index (χ2v) is 8.49. The van der Waals surface area contributed by atoms with Gasteiger partial charge in [0.1, 0.15) is 0 Å². The molecule has 0 bridgehead atoms. The van der Waals surface area contributed by atoms with Crippen molar-refractivity contribution in [2.24, 2.45) is 0 Å². The summed E-state index contributed by atoms with van der Waals surface area (Å²) in [6, 6.07) is 7.89. The standard InChI is InChI=1S/C27H46O2/c1-3-5-7-8-9-10-11-12-13-14-15-16-17-20-24-29-27(28)26-23-19-18-22-25(26)21-6-4-2/h18-19,22-23H,3-17,20-21,24H2,1-2H3. The Morgan fingerprint density at radius 3 is 1.69 bits per heavy atom. The lowest BCUT2D eigenvalue weighted by Crippen LogP contribution is -2.09. The summed E-state index contributed by atoms with van der Waals surface area (Å²) in [6.07, 6.45) is 22.0. The van der Waals surface area contributed by atoms with Gasteiger partial charge in [0.05, 0.1) is 12.2 Å². The Morgan fingerprint density at radius 1 is 0.655 bits per heavy atom. The minimum absolute atomic E-state index is 0.147. The summed E-state index contributed by atoms with van der Waals surface area (Å²) in [5.74, 6) is -0.147. The topological polar surface area (TPSA) is 26.3 Å². The molecule has 0 aliphatic rings. The summed E-state index contributed by atoms with van der Waals surface area (Å²) >= 11 is 0. The molecule has 0 unspecified atom stereocenters. The lowest BCUT2D eigenvalue weighted by Gasteiger charge is -2.09. The van der Waals surface area contributed by atoms with Gasteiger partial charge in [-0.15, -0.1) is 0 Å². The van der Waals surface area contributed by atoms with Crippen molar-refractivity contribution in [2.45, 2.75) is 123 Å². The molecule has 0 fully saturated rings. The maximum Gasteiger partial charge on any atom is 0.338 e. The van der Waals surface area contributed by atoms with Crippen LogP contribution in [0.15, 0.2) is 24.3 Å². The molecule has 0 heterocycles. The summed E-state index contributed by atoms with van der Waals surface area (Å²) in [4.78, 5) is 12.3. The molecular formula is C27H46O2. The normalized spacial score (nSPS) is 11.0. The quantitative estimate of drug-likeness (QED) is 0.171. The Bertz CT molecular complexity index is 509.